The molecule has 0 heterocycles. The fourth-order valence-electron chi connectivity index (χ4n) is 3.19. The van der Waals surface area contributed by atoms with Crippen molar-refractivity contribution in [3.05, 3.63) is 59.7 Å². The molecule has 0 fully saturated rings. The summed E-state index contributed by atoms with van der Waals surface area (Å²) in [6.45, 7) is 9.34. The highest BCUT2D eigenvalue weighted by molar-refractivity contribution is 5.97. The van der Waals surface area contributed by atoms with Gasteiger partial charge in [-0.1, -0.05) is 39.8 Å². The van der Waals surface area contributed by atoms with E-state index in [1.807, 2.05) is 62.4 Å². The van der Waals surface area contributed by atoms with Gasteiger partial charge in [-0.3, -0.25) is 9.59 Å². The summed E-state index contributed by atoms with van der Waals surface area (Å²) in [4.78, 5) is 25.4. The molecule has 0 bridgehead atoms. The molecule has 3 N–H and O–H groups in total. The Labute approximate surface area is 185 Å². The maximum atomic E-state index is 12.7. The van der Waals surface area contributed by atoms with Crippen LogP contribution in [0.2, 0.25) is 0 Å². The molecule has 6 nitrogen and oxygen atoms in total. The Balaban J connectivity index is 1.87. The van der Waals surface area contributed by atoms with E-state index in [9.17, 15) is 9.59 Å². The number of carbonyl (C=O) groups is 2. The van der Waals surface area contributed by atoms with Gasteiger partial charge in [0.15, 0.2) is 0 Å². The van der Waals surface area contributed by atoms with E-state index in [1.54, 1.807) is 7.11 Å². The Morgan fingerprint density at radius 3 is 2.10 bits per heavy atom. The summed E-state index contributed by atoms with van der Waals surface area (Å²) < 4.78 is 5.14. The quantitative estimate of drug-likeness (QED) is 0.472. The highest BCUT2D eigenvalue weighted by Gasteiger charge is 2.22. The first kappa shape index (κ1) is 24.3. The van der Waals surface area contributed by atoms with Crippen LogP contribution in [-0.2, 0) is 4.79 Å². The van der Waals surface area contributed by atoms with Crippen molar-refractivity contribution in [1.82, 2.24) is 10.6 Å². The fourth-order valence-corrected chi connectivity index (χ4v) is 3.19. The number of methoxy groups -OCH3 is 1. The van der Waals surface area contributed by atoms with Crippen LogP contribution in [0.1, 0.15) is 56.0 Å². The average Bonchev–Trinajstić information content (AvgIpc) is 2.76. The van der Waals surface area contributed by atoms with E-state index in [0.717, 1.165) is 11.4 Å². The molecule has 0 aliphatic rings. The van der Waals surface area contributed by atoms with Crippen LogP contribution >= 0.6 is 0 Å². The predicted molar refractivity (Wildman–Crippen MR) is 126 cm³/mol. The van der Waals surface area contributed by atoms with Crippen molar-refractivity contribution in [2.24, 2.45) is 5.92 Å². The Kier molecular flexibility index (Phi) is 9.38. The molecule has 2 rings (SSSR count). The minimum atomic E-state index is -0.571. The number of amides is 2. The summed E-state index contributed by atoms with van der Waals surface area (Å²) in [5.74, 6) is 1.08. The molecular formula is C25H35N3O3. The number of nitrogens with one attached hydrogen (secondary N) is 3. The highest BCUT2D eigenvalue weighted by atomic mass is 16.5. The van der Waals surface area contributed by atoms with E-state index >= 15 is 0 Å². The topological polar surface area (TPSA) is 79.5 Å². The molecular weight excluding hydrogens is 390 g/mol. The monoisotopic (exact) mass is 425 g/mol. The number of anilines is 1. The SMILES string of the molecule is COc1ccc(NCCNC(=O)[C@H](CC(C)C)NC(=O)c2ccc(C(C)C)cc2)cc1. The Hall–Kier alpha value is -3.02. The smallest absolute Gasteiger partial charge is 0.251 e. The number of ether oxygens (including phenoxy) is 1. The van der Waals surface area contributed by atoms with Gasteiger partial charge in [-0.25, -0.2) is 0 Å². The van der Waals surface area contributed by atoms with Crippen molar-refractivity contribution in [1.29, 1.82) is 0 Å². The van der Waals surface area contributed by atoms with E-state index < -0.39 is 6.04 Å². The van der Waals surface area contributed by atoms with Crippen molar-refractivity contribution in [2.75, 3.05) is 25.5 Å². The van der Waals surface area contributed by atoms with Crippen molar-refractivity contribution in [3.8, 4) is 5.75 Å². The van der Waals surface area contributed by atoms with E-state index in [1.165, 1.54) is 5.56 Å². The van der Waals surface area contributed by atoms with Crippen LogP contribution in [0.4, 0.5) is 5.69 Å². The first-order chi connectivity index (χ1) is 14.8. The minimum Gasteiger partial charge on any atom is -0.497 e. The Morgan fingerprint density at radius 1 is 0.903 bits per heavy atom. The largest absolute Gasteiger partial charge is 0.497 e. The molecule has 0 aliphatic heterocycles. The zero-order valence-electron chi connectivity index (χ0n) is 19.2. The highest BCUT2D eigenvalue weighted by Crippen LogP contribution is 2.16. The van der Waals surface area contributed by atoms with Crippen molar-refractivity contribution in [2.45, 2.75) is 46.1 Å². The molecule has 1 atom stereocenters. The van der Waals surface area contributed by atoms with E-state index in [0.29, 0.717) is 31.0 Å². The lowest BCUT2D eigenvalue weighted by Crippen LogP contribution is -2.48. The fraction of sp³-hybridized carbons (Fsp3) is 0.440. The second kappa shape index (κ2) is 12.0. The summed E-state index contributed by atoms with van der Waals surface area (Å²) in [5.41, 5.74) is 2.69. The summed E-state index contributed by atoms with van der Waals surface area (Å²) >= 11 is 0. The molecule has 0 spiro atoms. The molecule has 0 aromatic heterocycles. The zero-order chi connectivity index (χ0) is 22.8. The third-order valence-electron chi connectivity index (χ3n) is 5.01. The van der Waals surface area contributed by atoms with Gasteiger partial charge >= 0.3 is 0 Å². The van der Waals surface area contributed by atoms with Crippen LogP contribution in [0.5, 0.6) is 5.75 Å². The van der Waals surface area contributed by atoms with E-state index in [2.05, 4.69) is 29.8 Å². The molecule has 0 saturated heterocycles. The van der Waals surface area contributed by atoms with Gasteiger partial charge in [-0.15, -0.1) is 0 Å². The number of benzene rings is 2. The number of hydrogen-bond acceptors (Lipinski definition) is 4. The van der Waals surface area contributed by atoms with E-state index in [4.69, 9.17) is 4.74 Å². The second-order valence-electron chi connectivity index (χ2n) is 8.38. The van der Waals surface area contributed by atoms with Gasteiger partial charge in [-0.2, -0.15) is 0 Å². The summed E-state index contributed by atoms with van der Waals surface area (Å²) in [6, 6.07) is 14.6. The van der Waals surface area contributed by atoms with Crippen molar-refractivity contribution < 1.29 is 14.3 Å². The van der Waals surface area contributed by atoms with Gasteiger partial charge in [0.1, 0.15) is 11.8 Å². The van der Waals surface area contributed by atoms with Gasteiger partial charge in [-0.05, 0) is 60.2 Å². The number of carbonyl (C=O) groups excluding carboxylic acids is 2. The second-order valence-corrected chi connectivity index (χ2v) is 8.38. The molecule has 31 heavy (non-hydrogen) atoms. The normalized spacial score (nSPS) is 11.8. The van der Waals surface area contributed by atoms with Gasteiger partial charge in [0, 0.05) is 24.3 Å². The maximum Gasteiger partial charge on any atom is 0.251 e. The Morgan fingerprint density at radius 2 is 1.55 bits per heavy atom. The first-order valence-electron chi connectivity index (χ1n) is 10.9. The maximum absolute atomic E-state index is 12.7. The lowest BCUT2D eigenvalue weighted by molar-refractivity contribution is -0.123. The number of hydrogen-bond donors (Lipinski definition) is 3. The van der Waals surface area contributed by atoms with Crippen LogP contribution in [0.3, 0.4) is 0 Å². The minimum absolute atomic E-state index is 0.169. The third kappa shape index (κ3) is 7.96. The molecule has 2 amide bonds. The first-order valence-corrected chi connectivity index (χ1v) is 10.9. The molecule has 0 radical (unpaired) electrons. The van der Waals surface area contributed by atoms with Gasteiger partial charge in [0.25, 0.3) is 5.91 Å². The van der Waals surface area contributed by atoms with Crippen molar-refractivity contribution >= 4 is 17.5 Å². The van der Waals surface area contributed by atoms with Crippen LogP contribution in [-0.4, -0.2) is 38.1 Å². The molecule has 6 heteroatoms. The lowest BCUT2D eigenvalue weighted by Gasteiger charge is -2.20. The van der Waals surface area contributed by atoms with Crippen LogP contribution in [0.25, 0.3) is 0 Å². The molecule has 2 aromatic rings. The molecule has 0 unspecified atom stereocenters. The third-order valence-corrected chi connectivity index (χ3v) is 5.01. The molecule has 168 valence electrons. The summed E-state index contributed by atoms with van der Waals surface area (Å²) in [7, 11) is 1.63. The molecule has 2 aromatic carbocycles. The zero-order valence-corrected chi connectivity index (χ0v) is 19.2. The summed E-state index contributed by atoms with van der Waals surface area (Å²) in [6.07, 6.45) is 0.577. The standard InChI is InChI=1S/C25H35N3O3/c1-17(2)16-23(28-24(29)20-8-6-19(7-9-20)18(3)4)25(30)27-15-14-26-21-10-12-22(31-5)13-11-21/h6-13,17-18,23,26H,14-16H2,1-5H3,(H,27,30)(H,28,29)/t23-/m0/s1. The predicted octanol–water partition coefficient (Wildman–Crippen LogP) is 4.19. The lowest BCUT2D eigenvalue weighted by atomic mass is 10.0. The van der Waals surface area contributed by atoms with Crippen molar-refractivity contribution in [3.63, 3.8) is 0 Å². The van der Waals surface area contributed by atoms with Crippen LogP contribution in [0.15, 0.2) is 48.5 Å². The van der Waals surface area contributed by atoms with Gasteiger partial charge < -0.3 is 20.7 Å². The number of rotatable bonds is 11. The average molecular weight is 426 g/mol. The van der Waals surface area contributed by atoms with Gasteiger partial charge in [0.05, 0.1) is 7.11 Å². The van der Waals surface area contributed by atoms with Crippen LogP contribution in [0, 0.1) is 5.92 Å². The Bertz CT molecular complexity index is 830. The summed E-state index contributed by atoms with van der Waals surface area (Å²) in [5, 5.41) is 9.07. The molecule has 0 saturated carbocycles. The van der Waals surface area contributed by atoms with Crippen LogP contribution < -0.4 is 20.7 Å². The molecule has 0 aliphatic carbocycles. The van der Waals surface area contributed by atoms with E-state index in [-0.39, 0.29) is 17.7 Å². The van der Waals surface area contributed by atoms with Gasteiger partial charge in [0.2, 0.25) is 5.91 Å².